The molecule has 0 saturated carbocycles. The molecule has 0 aromatic heterocycles. The molecule has 21 heavy (non-hydrogen) atoms. The van der Waals surface area contributed by atoms with Crippen LogP contribution in [-0.4, -0.2) is 48.7 Å². The van der Waals surface area contributed by atoms with E-state index in [4.69, 9.17) is 4.74 Å². The molecule has 0 bridgehead atoms. The highest BCUT2D eigenvalue weighted by atomic mass is 32.2. The number of urea groups is 1. The summed E-state index contributed by atoms with van der Waals surface area (Å²) in [5.41, 5.74) is 1.21. The first-order valence-electron chi connectivity index (χ1n) is 7.61. The number of nitrogens with one attached hydrogen (secondary N) is 1. The van der Waals surface area contributed by atoms with Crippen LogP contribution in [0, 0.1) is 5.92 Å². The number of nitrogens with zero attached hydrogens (tertiary/aromatic N) is 1. The van der Waals surface area contributed by atoms with Gasteiger partial charge in [0.05, 0.1) is 6.10 Å². The van der Waals surface area contributed by atoms with Crippen LogP contribution in [0.1, 0.15) is 18.1 Å². The van der Waals surface area contributed by atoms with Gasteiger partial charge in [-0.2, -0.15) is 11.8 Å². The van der Waals surface area contributed by atoms with E-state index in [-0.39, 0.29) is 12.1 Å². The van der Waals surface area contributed by atoms with Crippen LogP contribution in [0.5, 0.6) is 0 Å². The predicted octanol–water partition coefficient (Wildman–Crippen LogP) is 2.52. The van der Waals surface area contributed by atoms with Crippen LogP contribution >= 0.6 is 11.8 Å². The van der Waals surface area contributed by atoms with E-state index in [1.54, 1.807) is 0 Å². The summed E-state index contributed by atoms with van der Waals surface area (Å²) in [6, 6.07) is 10.4. The molecule has 2 heterocycles. The van der Waals surface area contributed by atoms with Crippen molar-refractivity contribution in [3.05, 3.63) is 35.9 Å². The molecule has 4 nitrogen and oxygen atoms in total. The van der Waals surface area contributed by atoms with Crippen molar-refractivity contribution in [1.82, 2.24) is 10.2 Å². The van der Waals surface area contributed by atoms with Crippen LogP contribution < -0.4 is 5.32 Å². The van der Waals surface area contributed by atoms with E-state index in [0.29, 0.717) is 12.5 Å². The van der Waals surface area contributed by atoms with Crippen LogP contribution in [0.4, 0.5) is 4.79 Å². The summed E-state index contributed by atoms with van der Waals surface area (Å²) in [7, 11) is 0. The lowest BCUT2D eigenvalue weighted by Crippen LogP contribution is -2.45. The quantitative estimate of drug-likeness (QED) is 0.933. The lowest BCUT2D eigenvalue weighted by atomic mass is 9.95. The van der Waals surface area contributed by atoms with E-state index in [1.165, 1.54) is 5.56 Å². The number of carbonyl (C=O) groups is 1. The van der Waals surface area contributed by atoms with Gasteiger partial charge in [0.2, 0.25) is 0 Å². The zero-order chi connectivity index (χ0) is 14.5. The Kier molecular flexibility index (Phi) is 5.04. The van der Waals surface area contributed by atoms with E-state index in [2.05, 4.69) is 17.4 Å². The lowest BCUT2D eigenvalue weighted by molar-refractivity contribution is 0.0905. The van der Waals surface area contributed by atoms with Gasteiger partial charge in [0, 0.05) is 43.7 Å². The van der Waals surface area contributed by atoms with Gasteiger partial charge in [-0.15, -0.1) is 0 Å². The van der Waals surface area contributed by atoms with Crippen LogP contribution in [0.3, 0.4) is 0 Å². The molecule has 5 heteroatoms. The fourth-order valence-corrected chi connectivity index (χ4v) is 3.85. The van der Waals surface area contributed by atoms with Crippen LogP contribution in [0.2, 0.25) is 0 Å². The first-order chi connectivity index (χ1) is 10.3. The fraction of sp³-hybridized carbons (Fsp3) is 0.562. The molecule has 0 spiro atoms. The van der Waals surface area contributed by atoms with Gasteiger partial charge < -0.3 is 15.0 Å². The number of hydrogen-bond acceptors (Lipinski definition) is 3. The van der Waals surface area contributed by atoms with E-state index >= 15 is 0 Å². The molecule has 0 unspecified atom stereocenters. The number of benzene rings is 1. The maximum Gasteiger partial charge on any atom is 0.317 e. The monoisotopic (exact) mass is 306 g/mol. The standard InChI is InChI=1S/C16H22N2O2S/c19-16(18-7-10-21-11-8-18)17-12-14-6-9-20-15(14)13-4-2-1-3-5-13/h1-5,14-15H,6-12H2,(H,17,19)/t14-,15+/m1/s1. The van der Waals surface area contributed by atoms with Gasteiger partial charge in [0.25, 0.3) is 0 Å². The Morgan fingerprint density at radius 3 is 2.81 bits per heavy atom. The second-order valence-corrected chi connectivity index (χ2v) is 6.76. The van der Waals surface area contributed by atoms with Crippen LogP contribution in [0.15, 0.2) is 30.3 Å². The largest absolute Gasteiger partial charge is 0.373 e. The van der Waals surface area contributed by atoms with Crippen molar-refractivity contribution < 1.29 is 9.53 Å². The third-order valence-electron chi connectivity index (χ3n) is 4.16. The molecule has 2 fully saturated rings. The zero-order valence-electron chi connectivity index (χ0n) is 12.2. The Balaban J connectivity index is 1.53. The number of thioether (sulfide) groups is 1. The smallest absolute Gasteiger partial charge is 0.317 e. The van der Waals surface area contributed by atoms with Crippen molar-refractivity contribution >= 4 is 17.8 Å². The van der Waals surface area contributed by atoms with Crippen molar-refractivity contribution in [1.29, 1.82) is 0 Å². The van der Waals surface area contributed by atoms with Crippen LogP contribution in [-0.2, 0) is 4.74 Å². The molecule has 2 aliphatic rings. The van der Waals surface area contributed by atoms with Gasteiger partial charge in [-0.1, -0.05) is 30.3 Å². The highest BCUT2D eigenvalue weighted by Gasteiger charge is 2.30. The SMILES string of the molecule is O=C(NC[C@H]1CCO[C@H]1c1ccccc1)N1CCSCC1. The molecule has 1 aromatic carbocycles. The molecule has 1 N–H and O–H groups in total. The minimum atomic E-state index is 0.0778. The summed E-state index contributed by atoms with van der Waals surface area (Å²) in [6.07, 6.45) is 1.12. The first kappa shape index (κ1) is 14.7. The molecule has 2 amide bonds. The van der Waals surface area contributed by atoms with Gasteiger partial charge in [-0.05, 0) is 12.0 Å². The molecule has 2 saturated heterocycles. The molecule has 3 rings (SSSR count). The minimum absolute atomic E-state index is 0.0778. The second kappa shape index (κ2) is 7.18. The predicted molar refractivity (Wildman–Crippen MR) is 85.5 cm³/mol. The Morgan fingerprint density at radius 2 is 2.05 bits per heavy atom. The number of hydrogen-bond donors (Lipinski definition) is 1. The molecule has 2 aliphatic heterocycles. The zero-order valence-corrected chi connectivity index (χ0v) is 13.0. The van der Waals surface area contributed by atoms with E-state index in [9.17, 15) is 4.79 Å². The summed E-state index contributed by atoms with van der Waals surface area (Å²) in [4.78, 5) is 14.1. The third-order valence-corrected chi connectivity index (χ3v) is 5.10. The van der Waals surface area contributed by atoms with Crippen molar-refractivity contribution in [2.45, 2.75) is 12.5 Å². The molecule has 2 atom stereocenters. The van der Waals surface area contributed by atoms with Gasteiger partial charge >= 0.3 is 6.03 Å². The molecule has 0 aliphatic carbocycles. The number of amides is 2. The minimum Gasteiger partial charge on any atom is -0.373 e. The van der Waals surface area contributed by atoms with Crippen molar-refractivity contribution in [3.63, 3.8) is 0 Å². The fourth-order valence-electron chi connectivity index (χ4n) is 2.95. The first-order valence-corrected chi connectivity index (χ1v) is 8.77. The van der Waals surface area contributed by atoms with Gasteiger partial charge in [0.15, 0.2) is 0 Å². The summed E-state index contributed by atoms with van der Waals surface area (Å²) in [6.45, 7) is 3.20. The highest BCUT2D eigenvalue weighted by molar-refractivity contribution is 7.99. The number of carbonyl (C=O) groups excluding carboxylic acids is 1. The normalized spacial score (nSPS) is 25.8. The van der Waals surface area contributed by atoms with Gasteiger partial charge in [-0.3, -0.25) is 0 Å². The molecule has 0 radical (unpaired) electrons. The van der Waals surface area contributed by atoms with E-state index in [1.807, 2.05) is 34.9 Å². The Labute approximate surface area is 130 Å². The summed E-state index contributed by atoms with van der Waals surface area (Å²) < 4.78 is 5.86. The van der Waals surface area contributed by atoms with Crippen molar-refractivity contribution in [2.75, 3.05) is 37.7 Å². The average molecular weight is 306 g/mol. The van der Waals surface area contributed by atoms with Crippen molar-refractivity contribution in [2.24, 2.45) is 5.92 Å². The summed E-state index contributed by atoms with van der Waals surface area (Å²) in [5.74, 6) is 2.47. The average Bonchev–Trinajstić information content (AvgIpc) is 3.03. The van der Waals surface area contributed by atoms with Gasteiger partial charge in [-0.25, -0.2) is 4.79 Å². The lowest BCUT2D eigenvalue weighted by Gasteiger charge is -2.27. The van der Waals surface area contributed by atoms with Crippen LogP contribution in [0.25, 0.3) is 0 Å². The Bertz CT molecular complexity index is 463. The van der Waals surface area contributed by atoms with E-state index in [0.717, 1.165) is 37.6 Å². The highest BCUT2D eigenvalue weighted by Crippen LogP contribution is 2.33. The topological polar surface area (TPSA) is 41.6 Å². The number of ether oxygens (including phenoxy) is 1. The molecule has 1 aromatic rings. The number of rotatable bonds is 3. The molecular weight excluding hydrogens is 284 g/mol. The maximum atomic E-state index is 12.2. The molecular formula is C16H22N2O2S. The van der Waals surface area contributed by atoms with Crippen molar-refractivity contribution in [3.8, 4) is 0 Å². The maximum absolute atomic E-state index is 12.2. The third kappa shape index (κ3) is 3.71. The second-order valence-electron chi connectivity index (χ2n) is 5.54. The summed E-state index contributed by atoms with van der Waals surface area (Å²) >= 11 is 1.92. The molecule has 114 valence electrons. The Hall–Kier alpha value is -1.20. The Morgan fingerprint density at radius 1 is 1.29 bits per heavy atom. The summed E-state index contributed by atoms with van der Waals surface area (Å²) in [5, 5.41) is 3.09. The van der Waals surface area contributed by atoms with Gasteiger partial charge in [0.1, 0.15) is 0 Å². The van der Waals surface area contributed by atoms with E-state index < -0.39 is 0 Å².